The third-order valence-corrected chi connectivity index (χ3v) is 2.48. The first-order valence-corrected chi connectivity index (χ1v) is 5.60. The molecular weight excluding hydrogens is 255 g/mol. The number of rotatable bonds is 5. The second kappa shape index (κ2) is 8.66. The Morgan fingerprint density at radius 1 is 1.35 bits per heavy atom. The number of esters is 1. The van der Waals surface area contributed by atoms with Crippen LogP contribution in [0.3, 0.4) is 0 Å². The van der Waals surface area contributed by atoms with Crippen LogP contribution in [0.4, 0.5) is 0 Å². The molecule has 0 bridgehead atoms. The molecule has 0 aliphatic heterocycles. The van der Waals surface area contributed by atoms with Gasteiger partial charge in [0.1, 0.15) is 5.75 Å². The molecule has 7 heteroatoms. The topological polar surface area (TPSA) is 75.7 Å². The van der Waals surface area contributed by atoms with Crippen molar-refractivity contribution in [3.8, 4) is 5.75 Å². The van der Waals surface area contributed by atoms with Crippen molar-refractivity contribution >= 4 is 17.0 Å². The molecule has 0 N–H and O–H groups in total. The van der Waals surface area contributed by atoms with Crippen molar-refractivity contribution in [2.45, 2.75) is 11.3 Å². The van der Waals surface area contributed by atoms with Crippen LogP contribution in [0, 0.1) is 0 Å². The van der Waals surface area contributed by atoms with Gasteiger partial charge in [0.25, 0.3) is 0 Å². The van der Waals surface area contributed by atoms with Crippen LogP contribution >= 0.6 is 0 Å². The van der Waals surface area contributed by atoms with Gasteiger partial charge in [0, 0.05) is 4.90 Å². The molecule has 0 amide bonds. The van der Waals surface area contributed by atoms with Gasteiger partial charge in [0.15, 0.2) is 0 Å². The Hall–Kier alpha value is -0.400. The predicted molar refractivity (Wildman–Crippen MR) is 55.8 cm³/mol. The molecule has 0 radical (unpaired) electrons. The van der Waals surface area contributed by atoms with Crippen molar-refractivity contribution in [1.29, 1.82) is 0 Å². The average molecular weight is 266 g/mol. The SMILES string of the molecule is COC(=O)CCOc1ccc(S(=O)[O-])cc1.[Na+]. The van der Waals surface area contributed by atoms with Crippen LogP contribution in [-0.4, -0.2) is 28.4 Å². The minimum absolute atomic E-state index is 0. The maximum absolute atomic E-state index is 10.8. The second-order valence-corrected chi connectivity index (χ2v) is 3.82. The molecule has 1 unspecified atom stereocenters. The number of hydrogen-bond acceptors (Lipinski definition) is 5. The first-order chi connectivity index (χ1) is 7.63. The van der Waals surface area contributed by atoms with E-state index in [1.165, 1.54) is 31.4 Å². The monoisotopic (exact) mass is 266 g/mol. The number of methoxy groups -OCH3 is 1. The summed E-state index contributed by atoms with van der Waals surface area (Å²) in [5, 5.41) is 0. The van der Waals surface area contributed by atoms with Crippen LogP contribution in [0.1, 0.15) is 6.42 Å². The number of benzene rings is 1. The average Bonchev–Trinajstić information content (AvgIpc) is 2.29. The Morgan fingerprint density at radius 2 is 1.94 bits per heavy atom. The summed E-state index contributed by atoms with van der Waals surface area (Å²) in [4.78, 5) is 11.0. The van der Waals surface area contributed by atoms with E-state index in [-0.39, 0.29) is 53.4 Å². The van der Waals surface area contributed by atoms with Crippen LogP contribution in [0.2, 0.25) is 0 Å². The van der Waals surface area contributed by atoms with Crippen molar-refractivity contribution in [3.63, 3.8) is 0 Å². The molecule has 88 valence electrons. The Balaban J connectivity index is 0.00000256. The fraction of sp³-hybridized carbons (Fsp3) is 0.300. The van der Waals surface area contributed by atoms with E-state index < -0.39 is 11.1 Å². The van der Waals surface area contributed by atoms with E-state index in [1.54, 1.807) is 0 Å². The largest absolute Gasteiger partial charge is 1.00 e. The van der Waals surface area contributed by atoms with Gasteiger partial charge in [-0.05, 0) is 35.3 Å². The zero-order valence-corrected chi connectivity index (χ0v) is 12.5. The van der Waals surface area contributed by atoms with Crippen molar-refractivity contribution in [2.24, 2.45) is 0 Å². The minimum atomic E-state index is -2.23. The van der Waals surface area contributed by atoms with E-state index in [1.807, 2.05) is 0 Å². The Morgan fingerprint density at radius 3 is 2.41 bits per heavy atom. The van der Waals surface area contributed by atoms with Gasteiger partial charge in [0.2, 0.25) is 0 Å². The van der Waals surface area contributed by atoms with Gasteiger partial charge in [-0.15, -0.1) is 0 Å². The smallest absolute Gasteiger partial charge is 0.768 e. The van der Waals surface area contributed by atoms with E-state index in [9.17, 15) is 13.6 Å². The molecule has 0 fully saturated rings. The fourth-order valence-electron chi connectivity index (χ4n) is 1.00. The van der Waals surface area contributed by atoms with Gasteiger partial charge < -0.3 is 14.0 Å². The van der Waals surface area contributed by atoms with Gasteiger partial charge in [0.05, 0.1) is 20.1 Å². The standard InChI is InChI=1S/C10H12O5S.Na/c1-14-10(11)6-7-15-8-2-4-9(5-3-8)16(12)13;/h2-5H,6-7H2,1H3,(H,12,13);/q;+1/p-1. The zero-order valence-electron chi connectivity index (χ0n) is 9.67. The van der Waals surface area contributed by atoms with Gasteiger partial charge in [-0.2, -0.15) is 0 Å². The van der Waals surface area contributed by atoms with Crippen molar-refractivity contribution < 1.29 is 52.6 Å². The van der Waals surface area contributed by atoms with Crippen molar-refractivity contribution in [2.75, 3.05) is 13.7 Å². The molecule has 0 aromatic heterocycles. The summed E-state index contributed by atoms with van der Waals surface area (Å²) in [6.45, 7) is 0.201. The van der Waals surface area contributed by atoms with Crippen LogP contribution in [-0.2, 0) is 20.6 Å². The van der Waals surface area contributed by atoms with Crippen LogP contribution in [0.15, 0.2) is 29.2 Å². The fourth-order valence-corrected chi connectivity index (χ4v) is 1.36. The van der Waals surface area contributed by atoms with E-state index in [4.69, 9.17) is 4.74 Å². The molecular formula is C10H11NaO5S. The summed E-state index contributed by atoms with van der Waals surface area (Å²) in [5.74, 6) is 0.162. The van der Waals surface area contributed by atoms with E-state index in [2.05, 4.69) is 4.74 Å². The molecule has 1 rings (SSSR count). The Labute approximate surface area is 124 Å². The second-order valence-electron chi connectivity index (χ2n) is 2.88. The van der Waals surface area contributed by atoms with E-state index in [0.717, 1.165) is 0 Å². The summed E-state index contributed by atoms with van der Waals surface area (Å²) in [6.07, 6.45) is 0.158. The first kappa shape index (κ1) is 16.6. The summed E-state index contributed by atoms with van der Waals surface area (Å²) in [5.41, 5.74) is 0. The Kier molecular flexibility index (Phi) is 8.45. The minimum Gasteiger partial charge on any atom is -0.768 e. The van der Waals surface area contributed by atoms with E-state index >= 15 is 0 Å². The number of carbonyl (C=O) groups is 1. The number of ether oxygens (including phenoxy) is 2. The molecule has 1 atom stereocenters. The number of hydrogen-bond donors (Lipinski definition) is 0. The van der Waals surface area contributed by atoms with Gasteiger partial charge in [-0.3, -0.25) is 9.00 Å². The molecule has 0 saturated carbocycles. The molecule has 5 nitrogen and oxygen atoms in total. The molecule has 0 heterocycles. The third-order valence-electron chi connectivity index (χ3n) is 1.82. The number of carbonyl (C=O) groups excluding carboxylic acids is 1. The zero-order chi connectivity index (χ0) is 12.0. The summed E-state index contributed by atoms with van der Waals surface area (Å²) < 4.78 is 30.8. The quantitative estimate of drug-likeness (QED) is 0.346. The van der Waals surface area contributed by atoms with E-state index in [0.29, 0.717) is 5.75 Å². The van der Waals surface area contributed by atoms with Crippen LogP contribution in [0.5, 0.6) is 5.75 Å². The predicted octanol–water partition coefficient (Wildman–Crippen LogP) is -2.13. The maximum Gasteiger partial charge on any atom is 1.00 e. The van der Waals surface area contributed by atoms with Gasteiger partial charge in [-0.25, -0.2) is 0 Å². The molecule has 0 saturated heterocycles. The van der Waals surface area contributed by atoms with Gasteiger partial charge in [-0.1, -0.05) is 0 Å². The molecule has 1 aromatic rings. The molecule has 0 spiro atoms. The maximum atomic E-state index is 10.8. The van der Waals surface area contributed by atoms with Crippen molar-refractivity contribution in [1.82, 2.24) is 0 Å². The Bertz CT molecular complexity index is 379. The molecule has 1 aromatic carbocycles. The normalized spacial score (nSPS) is 11.2. The van der Waals surface area contributed by atoms with Crippen LogP contribution in [0.25, 0.3) is 0 Å². The third kappa shape index (κ3) is 6.18. The summed E-state index contributed by atoms with van der Waals surface area (Å²) in [7, 11) is 1.31. The summed E-state index contributed by atoms with van der Waals surface area (Å²) >= 11 is -2.23. The molecule has 0 aliphatic carbocycles. The molecule has 17 heavy (non-hydrogen) atoms. The molecule has 0 aliphatic rings. The first-order valence-electron chi connectivity index (χ1n) is 4.52. The van der Waals surface area contributed by atoms with Crippen LogP contribution < -0.4 is 34.3 Å². The van der Waals surface area contributed by atoms with Gasteiger partial charge >= 0.3 is 35.5 Å². The van der Waals surface area contributed by atoms with Crippen molar-refractivity contribution in [3.05, 3.63) is 24.3 Å². The summed E-state index contributed by atoms with van der Waals surface area (Å²) in [6, 6.07) is 5.91.